The fourth-order valence-corrected chi connectivity index (χ4v) is 6.32. The van der Waals surface area contributed by atoms with Crippen LogP contribution in [0.5, 0.6) is 0 Å². The zero-order valence-corrected chi connectivity index (χ0v) is 23.0. The van der Waals surface area contributed by atoms with Gasteiger partial charge in [-0.15, -0.1) is 0 Å². The third kappa shape index (κ3) is 6.51. The van der Waals surface area contributed by atoms with Crippen LogP contribution in [0, 0.1) is 0 Å². The van der Waals surface area contributed by atoms with E-state index in [0.29, 0.717) is 13.1 Å². The van der Waals surface area contributed by atoms with Crippen LogP contribution >= 0.6 is 0 Å². The highest BCUT2D eigenvalue weighted by Gasteiger charge is 2.27. The number of carbonyl (C=O) groups excluding carboxylic acids is 3. The molecule has 40 heavy (non-hydrogen) atoms. The fraction of sp³-hybridized carbons (Fsp3) is 0.300. The third-order valence-electron chi connectivity index (χ3n) is 7.37. The van der Waals surface area contributed by atoms with E-state index >= 15 is 0 Å². The van der Waals surface area contributed by atoms with E-state index in [1.165, 1.54) is 31.0 Å². The number of nitrogens with zero attached hydrogens (tertiary/aromatic N) is 2. The predicted molar refractivity (Wildman–Crippen MR) is 156 cm³/mol. The summed E-state index contributed by atoms with van der Waals surface area (Å²) in [7, 11) is -2.96. The van der Waals surface area contributed by atoms with Crippen molar-refractivity contribution >= 4 is 44.6 Å². The molecule has 4 amide bonds. The maximum Gasteiger partial charge on any atom is 0.328 e. The minimum absolute atomic E-state index is 0.149. The van der Waals surface area contributed by atoms with Gasteiger partial charge in [-0.3, -0.25) is 20.2 Å². The number of allylic oxidation sites excluding steroid dienone is 4. The van der Waals surface area contributed by atoms with Crippen LogP contribution in [-0.2, 0) is 19.4 Å². The molecule has 0 unspecified atom stereocenters. The molecule has 9 nitrogen and oxygen atoms in total. The summed E-state index contributed by atoms with van der Waals surface area (Å²) in [5.41, 5.74) is 4.94. The zero-order chi connectivity index (χ0) is 28.1. The van der Waals surface area contributed by atoms with E-state index in [0.717, 1.165) is 35.5 Å². The van der Waals surface area contributed by atoms with Gasteiger partial charge in [-0.05, 0) is 66.3 Å². The highest BCUT2D eigenvalue weighted by atomic mass is 32.2. The van der Waals surface area contributed by atoms with Crippen LogP contribution in [0.2, 0.25) is 0 Å². The van der Waals surface area contributed by atoms with Gasteiger partial charge in [0.05, 0.1) is 11.5 Å². The van der Waals surface area contributed by atoms with Crippen molar-refractivity contribution in [1.82, 2.24) is 10.6 Å². The number of amides is 4. The molecular formula is C30H32N4O5S. The number of hydrogen-bond acceptors (Lipinski definition) is 7. The van der Waals surface area contributed by atoms with Crippen molar-refractivity contribution in [2.45, 2.75) is 19.3 Å². The zero-order valence-electron chi connectivity index (χ0n) is 22.1. The molecule has 3 heterocycles. The van der Waals surface area contributed by atoms with E-state index in [1.807, 2.05) is 30.3 Å². The molecule has 3 saturated heterocycles. The van der Waals surface area contributed by atoms with Gasteiger partial charge >= 0.3 is 6.03 Å². The highest BCUT2D eigenvalue weighted by molar-refractivity contribution is 7.91. The number of rotatable bonds is 6. The average Bonchev–Trinajstić information content (AvgIpc) is 2.95. The number of imide groups is 2. The smallest absolute Gasteiger partial charge is 0.328 e. The number of barbiturate groups is 1. The van der Waals surface area contributed by atoms with Gasteiger partial charge in [0.25, 0.3) is 11.8 Å². The van der Waals surface area contributed by atoms with Crippen LogP contribution in [0.3, 0.4) is 0 Å². The molecule has 0 saturated carbocycles. The molecule has 0 aromatic heterocycles. The quantitative estimate of drug-likeness (QED) is 0.317. The van der Waals surface area contributed by atoms with Crippen LogP contribution in [0.15, 0.2) is 78.4 Å². The first kappa shape index (κ1) is 27.4. The monoisotopic (exact) mass is 560 g/mol. The summed E-state index contributed by atoms with van der Waals surface area (Å²) in [5.74, 6) is -1.16. The molecule has 0 atom stereocenters. The predicted octanol–water partition coefficient (Wildman–Crippen LogP) is 3.19. The normalized spacial score (nSPS) is 19.9. The van der Waals surface area contributed by atoms with E-state index in [2.05, 4.69) is 44.7 Å². The van der Waals surface area contributed by atoms with Crippen molar-refractivity contribution < 1.29 is 22.8 Å². The SMILES string of the molecule is O=C1NC(=O)C(=C/C=C/C=C(\c2ccc(N3CCCCC3)cc2)c2ccc(N3CCS(=O)(=O)CC3)cc2)C(=O)N1. The van der Waals surface area contributed by atoms with Gasteiger partial charge in [-0.2, -0.15) is 0 Å². The third-order valence-corrected chi connectivity index (χ3v) is 8.98. The highest BCUT2D eigenvalue weighted by Crippen LogP contribution is 2.29. The Bertz CT molecular complexity index is 1450. The molecule has 3 aliphatic rings. The number of anilines is 2. The minimum Gasteiger partial charge on any atom is -0.372 e. The second-order valence-corrected chi connectivity index (χ2v) is 12.4. The number of hydrogen-bond donors (Lipinski definition) is 2. The van der Waals surface area contributed by atoms with E-state index in [1.54, 1.807) is 12.2 Å². The Balaban J connectivity index is 1.41. The van der Waals surface area contributed by atoms with Crippen LogP contribution in [-0.4, -0.2) is 63.9 Å². The van der Waals surface area contributed by atoms with Gasteiger partial charge in [0.15, 0.2) is 9.84 Å². The lowest BCUT2D eigenvalue weighted by Gasteiger charge is -2.29. The molecule has 2 aromatic rings. The molecule has 0 bridgehead atoms. The van der Waals surface area contributed by atoms with Gasteiger partial charge in [-0.25, -0.2) is 13.2 Å². The average molecular weight is 561 g/mol. The van der Waals surface area contributed by atoms with Crippen molar-refractivity contribution in [2.75, 3.05) is 47.5 Å². The van der Waals surface area contributed by atoms with Gasteiger partial charge < -0.3 is 9.80 Å². The first-order valence-corrected chi connectivity index (χ1v) is 15.3. The van der Waals surface area contributed by atoms with E-state index in [9.17, 15) is 22.8 Å². The first-order chi connectivity index (χ1) is 19.3. The molecule has 0 spiro atoms. The topological polar surface area (TPSA) is 116 Å². The lowest BCUT2D eigenvalue weighted by molar-refractivity contribution is -0.124. The number of sulfone groups is 1. The Morgan fingerprint density at radius 1 is 0.675 bits per heavy atom. The molecule has 208 valence electrons. The van der Waals surface area contributed by atoms with Crippen LogP contribution in [0.4, 0.5) is 16.2 Å². The molecular weight excluding hydrogens is 528 g/mol. The second-order valence-electron chi connectivity index (χ2n) is 10.1. The Kier molecular flexibility index (Phi) is 8.16. The standard InChI is InChI=1S/C30H32N4O5S/c35-28-27(29(36)32-30(37)31-28)7-3-2-6-26(22-8-12-24(13-9-22)33-16-4-1-5-17-33)23-10-14-25(15-11-23)34-18-20-40(38,39)21-19-34/h2-3,6-15H,1,4-5,16-21H2,(H2,31,32,35,36,37)/b3-2+,26-6+. The Morgan fingerprint density at radius 3 is 1.70 bits per heavy atom. The van der Waals surface area contributed by atoms with E-state index < -0.39 is 27.7 Å². The largest absolute Gasteiger partial charge is 0.372 e. The maximum atomic E-state index is 12.0. The molecule has 3 fully saturated rings. The van der Waals surface area contributed by atoms with Crippen molar-refractivity contribution in [2.24, 2.45) is 0 Å². The van der Waals surface area contributed by atoms with Crippen LogP contribution in [0.25, 0.3) is 5.57 Å². The Hall–Kier alpha value is -4.18. The van der Waals surface area contributed by atoms with E-state index in [-0.39, 0.29) is 17.1 Å². The van der Waals surface area contributed by atoms with Gasteiger partial charge in [0.1, 0.15) is 5.57 Å². The fourth-order valence-electron chi connectivity index (χ4n) is 5.12. The summed E-state index contributed by atoms with van der Waals surface area (Å²) < 4.78 is 23.6. The second kappa shape index (κ2) is 11.9. The Labute approximate surface area is 234 Å². The lowest BCUT2D eigenvalue weighted by Crippen LogP contribution is -2.51. The number of urea groups is 1. The maximum absolute atomic E-state index is 12.0. The molecule has 2 aromatic carbocycles. The summed E-state index contributed by atoms with van der Waals surface area (Å²) in [6, 6.07) is 15.7. The molecule has 2 N–H and O–H groups in total. The lowest BCUT2D eigenvalue weighted by atomic mass is 9.96. The van der Waals surface area contributed by atoms with Gasteiger partial charge in [-0.1, -0.05) is 42.5 Å². The van der Waals surface area contributed by atoms with Crippen molar-refractivity contribution in [1.29, 1.82) is 0 Å². The number of carbonyl (C=O) groups is 3. The van der Waals surface area contributed by atoms with Crippen molar-refractivity contribution in [3.8, 4) is 0 Å². The number of benzene rings is 2. The van der Waals surface area contributed by atoms with Gasteiger partial charge in [0, 0.05) is 37.6 Å². The summed E-state index contributed by atoms with van der Waals surface area (Å²) in [6.45, 7) is 3.08. The number of nitrogens with one attached hydrogen (secondary N) is 2. The van der Waals surface area contributed by atoms with Crippen LogP contribution in [0.1, 0.15) is 30.4 Å². The van der Waals surface area contributed by atoms with E-state index in [4.69, 9.17) is 0 Å². The summed E-state index contributed by atoms with van der Waals surface area (Å²) in [6.07, 6.45) is 10.3. The molecule has 10 heteroatoms. The Morgan fingerprint density at radius 2 is 1.18 bits per heavy atom. The molecule has 3 aliphatic heterocycles. The van der Waals surface area contributed by atoms with Crippen molar-refractivity contribution in [3.05, 3.63) is 89.5 Å². The van der Waals surface area contributed by atoms with Crippen LogP contribution < -0.4 is 20.4 Å². The van der Waals surface area contributed by atoms with Gasteiger partial charge in [0.2, 0.25) is 0 Å². The summed E-state index contributed by atoms with van der Waals surface area (Å²) in [4.78, 5) is 39.8. The molecule has 5 rings (SSSR count). The number of piperidine rings is 1. The van der Waals surface area contributed by atoms with Crippen molar-refractivity contribution in [3.63, 3.8) is 0 Å². The summed E-state index contributed by atoms with van der Waals surface area (Å²) >= 11 is 0. The first-order valence-electron chi connectivity index (χ1n) is 13.5. The minimum atomic E-state index is -2.96. The summed E-state index contributed by atoms with van der Waals surface area (Å²) in [5, 5.41) is 4.12. The molecule has 0 radical (unpaired) electrons. The molecule has 0 aliphatic carbocycles.